The van der Waals surface area contributed by atoms with Crippen LogP contribution in [-0.2, 0) is 29.1 Å². The summed E-state index contributed by atoms with van der Waals surface area (Å²) in [5, 5.41) is 2.95. The van der Waals surface area contributed by atoms with E-state index >= 15 is 0 Å². The second-order valence-electron chi connectivity index (χ2n) is 10.1. The Labute approximate surface area is 234 Å². The first-order valence-corrected chi connectivity index (χ1v) is 14.9. The van der Waals surface area contributed by atoms with Crippen LogP contribution in [0.1, 0.15) is 38.5 Å². The monoisotopic (exact) mass is 590 g/mol. The first kappa shape index (κ1) is 30.6. The molecule has 0 spiro atoms. The van der Waals surface area contributed by atoms with E-state index in [4.69, 9.17) is 27.9 Å². The summed E-state index contributed by atoms with van der Waals surface area (Å²) in [6.07, 6.45) is 2.71. The molecule has 2 heterocycles. The molecule has 0 saturated carbocycles. The minimum Gasteiger partial charge on any atom is -0.467 e. The van der Waals surface area contributed by atoms with E-state index in [-0.39, 0.29) is 46.7 Å². The fourth-order valence-corrected chi connectivity index (χ4v) is 7.45. The molecule has 0 aliphatic carbocycles. The topological polar surface area (TPSA) is 116 Å². The smallest absolute Gasteiger partial charge is 0.328 e. The fraction of sp³-hybridized carbons (Fsp3) is 0.640. The summed E-state index contributed by atoms with van der Waals surface area (Å²) in [7, 11) is 1.20. The minimum absolute atomic E-state index is 0.0538. The number of benzene rings is 1. The van der Waals surface area contributed by atoms with E-state index in [1.54, 1.807) is 4.90 Å². The third kappa shape index (κ3) is 7.81. The Hall–Kier alpha value is -1.92. The molecule has 2 saturated heterocycles. The molecule has 2 aliphatic heterocycles. The van der Waals surface area contributed by atoms with Crippen LogP contribution in [-0.4, -0.2) is 99.8 Å². The van der Waals surface area contributed by atoms with Crippen molar-refractivity contribution in [2.45, 2.75) is 55.5 Å². The van der Waals surface area contributed by atoms with Crippen LogP contribution in [0.2, 0.25) is 10.0 Å². The molecule has 0 radical (unpaired) electrons. The summed E-state index contributed by atoms with van der Waals surface area (Å²) in [5.41, 5.74) is 0. The number of sulfonamides is 1. The van der Waals surface area contributed by atoms with Crippen LogP contribution in [0.5, 0.6) is 0 Å². The van der Waals surface area contributed by atoms with Gasteiger partial charge in [0.05, 0.1) is 12.0 Å². The fourth-order valence-electron chi connectivity index (χ4n) is 5.07. The summed E-state index contributed by atoms with van der Waals surface area (Å²) in [5.74, 6) is -0.847. The van der Waals surface area contributed by atoms with Crippen LogP contribution in [0.4, 0.5) is 0 Å². The molecule has 2 aliphatic rings. The quantitative estimate of drug-likeness (QED) is 0.416. The van der Waals surface area contributed by atoms with Crippen molar-refractivity contribution in [1.29, 1.82) is 0 Å². The zero-order chi connectivity index (χ0) is 28.0. The summed E-state index contributed by atoms with van der Waals surface area (Å²) in [4.78, 5) is 42.3. The first-order valence-electron chi connectivity index (χ1n) is 12.7. The molecule has 38 heavy (non-hydrogen) atoms. The highest BCUT2D eigenvalue weighted by molar-refractivity contribution is 7.89. The molecule has 3 rings (SSSR count). The highest BCUT2D eigenvalue weighted by Crippen LogP contribution is 2.30. The molecule has 2 fully saturated rings. The number of hydrogen-bond donors (Lipinski definition) is 1. The molecule has 1 aromatic rings. The van der Waals surface area contributed by atoms with Gasteiger partial charge in [-0.3, -0.25) is 9.59 Å². The van der Waals surface area contributed by atoms with Gasteiger partial charge >= 0.3 is 5.97 Å². The van der Waals surface area contributed by atoms with Gasteiger partial charge in [0.15, 0.2) is 0 Å². The van der Waals surface area contributed by atoms with Gasteiger partial charge in [-0.25, -0.2) is 13.2 Å². The standard InChI is InChI=1S/C25H36Cl2N4O6S/c1-29(2)16-17-8-11-30(12-9-17)23(32)7-6-21(25(34)37-3)28-24(33)22-5-4-10-31(22)38(35,36)20-14-18(26)13-19(27)15-20/h13-15,17,21-22H,4-12,16H2,1-3H3,(H,28,33)/t21-,22-/m0/s1. The van der Waals surface area contributed by atoms with E-state index in [2.05, 4.69) is 10.2 Å². The maximum absolute atomic E-state index is 13.3. The number of amides is 2. The molecule has 0 unspecified atom stereocenters. The Morgan fingerprint density at radius 2 is 1.71 bits per heavy atom. The minimum atomic E-state index is -4.07. The van der Waals surface area contributed by atoms with E-state index < -0.39 is 34.0 Å². The predicted octanol–water partition coefficient (Wildman–Crippen LogP) is 2.38. The van der Waals surface area contributed by atoms with Crippen LogP contribution >= 0.6 is 23.2 Å². The van der Waals surface area contributed by atoms with Crippen molar-refractivity contribution in [3.05, 3.63) is 28.2 Å². The highest BCUT2D eigenvalue weighted by Gasteiger charge is 2.41. The van der Waals surface area contributed by atoms with Crippen molar-refractivity contribution in [2.24, 2.45) is 5.92 Å². The molecule has 0 bridgehead atoms. The van der Waals surface area contributed by atoms with Crippen molar-refractivity contribution in [3.63, 3.8) is 0 Å². The molecule has 13 heteroatoms. The maximum Gasteiger partial charge on any atom is 0.328 e. The van der Waals surface area contributed by atoms with Crippen LogP contribution in [0.15, 0.2) is 23.1 Å². The van der Waals surface area contributed by atoms with Crippen molar-refractivity contribution in [2.75, 3.05) is 47.4 Å². The number of piperidine rings is 1. The Kier molecular flexibility index (Phi) is 10.8. The highest BCUT2D eigenvalue weighted by atomic mass is 35.5. The van der Waals surface area contributed by atoms with Gasteiger partial charge < -0.3 is 19.9 Å². The molecule has 10 nitrogen and oxygen atoms in total. The third-order valence-electron chi connectivity index (χ3n) is 6.99. The molecule has 1 aromatic carbocycles. The number of nitrogens with zero attached hydrogens (tertiary/aromatic N) is 3. The lowest BCUT2D eigenvalue weighted by Crippen LogP contribution is -2.51. The van der Waals surface area contributed by atoms with Crippen LogP contribution < -0.4 is 5.32 Å². The number of carbonyl (C=O) groups is 3. The second-order valence-corrected chi connectivity index (χ2v) is 12.9. The van der Waals surface area contributed by atoms with Gasteiger partial charge in [0.25, 0.3) is 0 Å². The summed E-state index contributed by atoms with van der Waals surface area (Å²) in [6, 6.07) is 1.89. The van der Waals surface area contributed by atoms with Crippen LogP contribution in [0.25, 0.3) is 0 Å². The lowest BCUT2D eigenvalue weighted by molar-refractivity contribution is -0.146. The second kappa shape index (κ2) is 13.4. The van der Waals surface area contributed by atoms with E-state index in [0.29, 0.717) is 25.4 Å². The van der Waals surface area contributed by atoms with Gasteiger partial charge in [0.1, 0.15) is 12.1 Å². The summed E-state index contributed by atoms with van der Waals surface area (Å²) >= 11 is 12.0. The van der Waals surface area contributed by atoms with Gasteiger partial charge in [0, 0.05) is 42.6 Å². The Morgan fingerprint density at radius 1 is 1.08 bits per heavy atom. The van der Waals surface area contributed by atoms with E-state index in [1.165, 1.54) is 25.3 Å². The van der Waals surface area contributed by atoms with Crippen molar-refractivity contribution in [1.82, 2.24) is 19.4 Å². The number of methoxy groups -OCH3 is 1. The number of halogens is 2. The zero-order valence-electron chi connectivity index (χ0n) is 22.0. The molecular weight excluding hydrogens is 555 g/mol. The van der Waals surface area contributed by atoms with Gasteiger partial charge in [-0.1, -0.05) is 23.2 Å². The van der Waals surface area contributed by atoms with Gasteiger partial charge in [-0.05, 0) is 70.3 Å². The number of ether oxygens (including phenoxy) is 1. The molecule has 2 atom stereocenters. The van der Waals surface area contributed by atoms with E-state index in [1.807, 2.05) is 14.1 Å². The van der Waals surface area contributed by atoms with Gasteiger partial charge in [0.2, 0.25) is 21.8 Å². The summed E-state index contributed by atoms with van der Waals surface area (Å²) in [6.45, 7) is 2.44. The lowest BCUT2D eigenvalue weighted by Gasteiger charge is -2.33. The average molecular weight is 592 g/mol. The number of carbonyl (C=O) groups excluding carboxylic acids is 3. The largest absolute Gasteiger partial charge is 0.467 e. The predicted molar refractivity (Wildman–Crippen MR) is 144 cm³/mol. The molecule has 1 N–H and O–H groups in total. The number of hydrogen-bond acceptors (Lipinski definition) is 7. The third-order valence-corrected chi connectivity index (χ3v) is 9.31. The van der Waals surface area contributed by atoms with Gasteiger partial charge in [-0.15, -0.1) is 0 Å². The number of nitrogens with one attached hydrogen (secondary N) is 1. The van der Waals surface area contributed by atoms with E-state index in [9.17, 15) is 22.8 Å². The number of rotatable bonds is 10. The molecular formula is C25H36Cl2N4O6S. The lowest BCUT2D eigenvalue weighted by atomic mass is 9.96. The molecule has 2 amide bonds. The Morgan fingerprint density at radius 3 is 2.29 bits per heavy atom. The number of likely N-dealkylation sites (tertiary alicyclic amines) is 1. The van der Waals surface area contributed by atoms with Crippen molar-refractivity contribution >= 4 is 51.0 Å². The van der Waals surface area contributed by atoms with Gasteiger partial charge in [-0.2, -0.15) is 4.31 Å². The Bertz CT molecular complexity index is 1100. The first-order chi connectivity index (χ1) is 17.9. The normalized spacial score (nSPS) is 19.9. The molecule has 0 aromatic heterocycles. The van der Waals surface area contributed by atoms with Crippen LogP contribution in [0.3, 0.4) is 0 Å². The Balaban J connectivity index is 1.63. The van der Waals surface area contributed by atoms with Crippen LogP contribution in [0, 0.1) is 5.92 Å². The zero-order valence-corrected chi connectivity index (χ0v) is 24.3. The number of esters is 1. The van der Waals surface area contributed by atoms with Crippen molar-refractivity contribution in [3.8, 4) is 0 Å². The molecule has 212 valence electrons. The average Bonchev–Trinajstić information content (AvgIpc) is 3.36. The maximum atomic E-state index is 13.3. The van der Waals surface area contributed by atoms with E-state index in [0.717, 1.165) is 23.7 Å². The summed E-state index contributed by atoms with van der Waals surface area (Å²) < 4.78 is 32.5. The SMILES string of the molecule is COC(=O)[C@H](CCC(=O)N1CCC(CN(C)C)CC1)NC(=O)[C@@H]1CCCN1S(=O)(=O)c1cc(Cl)cc(Cl)c1. The van der Waals surface area contributed by atoms with Crippen molar-refractivity contribution < 1.29 is 27.5 Å².